The molecule has 0 bridgehead atoms. The molecule has 0 atom stereocenters. The number of sulfonamides is 1. The van der Waals surface area contributed by atoms with Crippen molar-refractivity contribution in [3.8, 4) is 0 Å². The molecule has 3 aromatic rings. The number of pyridine rings is 1. The number of carbonyl (C=O) groups excluding carboxylic acids is 1. The third-order valence-corrected chi connectivity index (χ3v) is 5.78. The highest BCUT2D eigenvalue weighted by molar-refractivity contribution is 7.92. The Labute approximate surface area is 194 Å². The molecule has 12 heteroatoms. The van der Waals surface area contributed by atoms with Gasteiger partial charge >= 0.3 is 12.1 Å². The zero-order chi connectivity index (χ0) is 24.1. The van der Waals surface area contributed by atoms with Crippen LogP contribution in [0.3, 0.4) is 0 Å². The van der Waals surface area contributed by atoms with Gasteiger partial charge in [-0.1, -0.05) is 37.0 Å². The highest BCUT2D eigenvalue weighted by Gasteiger charge is 2.20. The Kier molecular flexibility index (Phi) is 8.25. The number of ether oxygens (including phenoxy) is 1. The van der Waals surface area contributed by atoms with Crippen molar-refractivity contribution >= 4 is 67.6 Å². The second-order valence-corrected chi connectivity index (χ2v) is 8.41. The average molecular weight is 500 g/mol. The summed E-state index contributed by atoms with van der Waals surface area (Å²) in [6.45, 7) is 4.00. The van der Waals surface area contributed by atoms with Gasteiger partial charge in [-0.2, -0.15) is 0 Å². The molecule has 0 aliphatic heterocycles. The number of rotatable bonds is 5. The molecule has 0 unspecified atom stereocenters. The quantitative estimate of drug-likeness (QED) is 0.436. The number of fused-ring (bicyclic) bond motifs is 1. The number of methoxy groups -OCH3 is 1. The molecule has 1 heterocycles. The van der Waals surface area contributed by atoms with E-state index in [1.54, 1.807) is 0 Å². The van der Waals surface area contributed by atoms with Gasteiger partial charge in [-0.05, 0) is 42.5 Å². The number of carboxylic acid groups (broad SMARTS) is 1. The fourth-order valence-corrected chi connectivity index (χ4v) is 4.21. The van der Waals surface area contributed by atoms with E-state index in [-0.39, 0.29) is 31.5 Å². The minimum Gasteiger partial charge on any atom is -0.477 e. The lowest BCUT2D eigenvalue weighted by Gasteiger charge is -2.13. The van der Waals surface area contributed by atoms with Gasteiger partial charge < -0.3 is 9.84 Å². The van der Waals surface area contributed by atoms with Gasteiger partial charge in [0.05, 0.1) is 28.2 Å². The normalized spacial score (nSPS) is 10.7. The van der Waals surface area contributed by atoms with Crippen molar-refractivity contribution in [2.45, 2.75) is 18.7 Å². The van der Waals surface area contributed by atoms with E-state index in [0.717, 1.165) is 6.07 Å². The van der Waals surface area contributed by atoms with Crippen molar-refractivity contribution < 1.29 is 27.9 Å². The average Bonchev–Trinajstić information content (AvgIpc) is 2.74. The van der Waals surface area contributed by atoms with Crippen LogP contribution in [0.5, 0.6) is 0 Å². The summed E-state index contributed by atoms with van der Waals surface area (Å²) < 4.78 is 32.5. The summed E-state index contributed by atoms with van der Waals surface area (Å²) >= 11 is 12.1. The molecular weight excluding hydrogens is 481 g/mol. The van der Waals surface area contributed by atoms with Crippen molar-refractivity contribution in [1.29, 1.82) is 0 Å². The van der Waals surface area contributed by atoms with E-state index >= 15 is 0 Å². The number of aromatic nitrogens is 1. The topological polar surface area (TPSA) is 135 Å². The second-order valence-electron chi connectivity index (χ2n) is 5.89. The molecule has 0 spiro atoms. The van der Waals surface area contributed by atoms with Crippen LogP contribution in [0.25, 0.3) is 10.9 Å². The van der Waals surface area contributed by atoms with Gasteiger partial charge in [-0.25, -0.2) is 23.0 Å². The molecule has 0 aliphatic carbocycles. The summed E-state index contributed by atoms with van der Waals surface area (Å²) in [6.07, 6.45) is -0.707. The number of nitrogens with one attached hydrogen (secondary N) is 2. The second kappa shape index (κ2) is 10.5. The van der Waals surface area contributed by atoms with Crippen LogP contribution < -0.4 is 10.0 Å². The molecule has 1 amide bonds. The van der Waals surface area contributed by atoms with Crippen LogP contribution in [0.2, 0.25) is 10.0 Å². The number of carboxylic acids is 1. The number of hydrogen-bond donors (Lipinski definition) is 3. The van der Waals surface area contributed by atoms with Crippen LogP contribution in [0.1, 0.15) is 24.3 Å². The van der Waals surface area contributed by atoms with Gasteiger partial charge in [-0.15, -0.1) is 0 Å². The fourth-order valence-electron chi connectivity index (χ4n) is 2.57. The minimum atomic E-state index is -4.13. The predicted octanol–water partition coefficient (Wildman–Crippen LogP) is 5.25. The number of benzene rings is 2. The Morgan fingerprint density at radius 1 is 1.06 bits per heavy atom. The summed E-state index contributed by atoms with van der Waals surface area (Å²) in [5.74, 6) is -1.35. The first-order valence-electron chi connectivity index (χ1n) is 9.11. The summed E-state index contributed by atoms with van der Waals surface area (Å²) in [7, 11) is -2.94. The van der Waals surface area contributed by atoms with Crippen LogP contribution in [0.4, 0.5) is 16.2 Å². The first-order valence-corrected chi connectivity index (χ1v) is 11.4. The van der Waals surface area contributed by atoms with Crippen LogP contribution >= 0.6 is 23.2 Å². The SMILES string of the molecule is CC.COC(=O)Nc1ccc(S(=O)(=O)Nc2cc(C(=O)O)nc3cc(Cl)cc(Cl)c23)cc1. The summed E-state index contributed by atoms with van der Waals surface area (Å²) in [4.78, 5) is 26.5. The van der Waals surface area contributed by atoms with Gasteiger partial charge in [0.25, 0.3) is 10.0 Å². The number of halogens is 2. The molecule has 0 saturated carbocycles. The summed E-state index contributed by atoms with van der Waals surface area (Å²) in [5, 5.41) is 12.2. The lowest BCUT2D eigenvalue weighted by Crippen LogP contribution is -2.15. The molecule has 2 aromatic carbocycles. The highest BCUT2D eigenvalue weighted by Crippen LogP contribution is 2.34. The van der Waals surface area contributed by atoms with E-state index in [1.807, 2.05) is 13.8 Å². The Morgan fingerprint density at radius 2 is 1.69 bits per heavy atom. The molecule has 0 fully saturated rings. The Morgan fingerprint density at radius 3 is 2.25 bits per heavy atom. The first kappa shape index (κ1) is 25.2. The van der Waals surface area contributed by atoms with Crippen molar-refractivity contribution in [2.24, 2.45) is 0 Å². The van der Waals surface area contributed by atoms with Crippen molar-refractivity contribution in [3.63, 3.8) is 0 Å². The maximum atomic E-state index is 12.8. The van der Waals surface area contributed by atoms with Crippen LogP contribution in [-0.4, -0.2) is 37.7 Å². The largest absolute Gasteiger partial charge is 0.477 e. The summed E-state index contributed by atoms with van der Waals surface area (Å²) in [5.41, 5.74) is -0.0317. The number of nitrogens with zero attached hydrogens (tertiary/aromatic N) is 1. The molecule has 0 aliphatic rings. The minimum absolute atomic E-state index is 0.0733. The Hall–Kier alpha value is -3.08. The lowest BCUT2D eigenvalue weighted by molar-refractivity contribution is 0.0691. The number of hydrogen-bond acceptors (Lipinski definition) is 6. The van der Waals surface area contributed by atoms with E-state index in [2.05, 4.69) is 19.8 Å². The zero-order valence-corrected chi connectivity index (χ0v) is 19.5. The smallest absolute Gasteiger partial charge is 0.411 e. The standard InChI is InChI=1S/C18H13Cl2N3O6S.C2H6/c1-29-18(26)21-10-2-4-11(5-3-10)30(27,28)23-14-8-15(17(24)25)22-13-7-9(19)6-12(20)16(13)14;1-2/h2-8H,1H3,(H,21,26)(H,22,23)(H,24,25);1-2H3. The number of amides is 1. The first-order chi connectivity index (χ1) is 15.1. The number of anilines is 2. The zero-order valence-electron chi connectivity index (χ0n) is 17.1. The van der Waals surface area contributed by atoms with E-state index in [4.69, 9.17) is 23.2 Å². The van der Waals surface area contributed by atoms with Gasteiger partial charge in [0, 0.05) is 16.1 Å². The van der Waals surface area contributed by atoms with E-state index in [0.29, 0.717) is 5.69 Å². The Balaban J connectivity index is 0.00000176. The molecular formula is C20H19Cl2N3O6S. The Bertz CT molecular complexity index is 1260. The number of aromatic carboxylic acids is 1. The lowest BCUT2D eigenvalue weighted by atomic mass is 10.1. The monoisotopic (exact) mass is 499 g/mol. The highest BCUT2D eigenvalue weighted by atomic mass is 35.5. The van der Waals surface area contributed by atoms with Crippen LogP contribution in [0, 0.1) is 0 Å². The predicted molar refractivity (Wildman–Crippen MR) is 123 cm³/mol. The third-order valence-electron chi connectivity index (χ3n) is 3.89. The molecule has 170 valence electrons. The van der Waals surface area contributed by atoms with E-state index < -0.39 is 27.8 Å². The van der Waals surface area contributed by atoms with Gasteiger partial charge in [0.1, 0.15) is 0 Å². The molecule has 3 rings (SSSR count). The van der Waals surface area contributed by atoms with E-state index in [9.17, 15) is 23.1 Å². The van der Waals surface area contributed by atoms with Gasteiger partial charge in [0.2, 0.25) is 0 Å². The maximum Gasteiger partial charge on any atom is 0.411 e. The molecule has 3 N–H and O–H groups in total. The third kappa shape index (κ3) is 5.78. The van der Waals surface area contributed by atoms with Gasteiger partial charge in [-0.3, -0.25) is 10.0 Å². The van der Waals surface area contributed by atoms with E-state index in [1.165, 1.54) is 43.5 Å². The molecule has 32 heavy (non-hydrogen) atoms. The fraction of sp³-hybridized carbons (Fsp3) is 0.150. The van der Waals surface area contributed by atoms with Gasteiger partial charge in [0.15, 0.2) is 5.69 Å². The van der Waals surface area contributed by atoms with Crippen molar-refractivity contribution in [2.75, 3.05) is 17.1 Å². The molecule has 0 saturated heterocycles. The summed E-state index contributed by atoms with van der Waals surface area (Å²) in [6, 6.07) is 9.08. The molecule has 0 radical (unpaired) electrons. The van der Waals surface area contributed by atoms with Crippen LogP contribution in [-0.2, 0) is 14.8 Å². The van der Waals surface area contributed by atoms with Crippen molar-refractivity contribution in [1.82, 2.24) is 4.98 Å². The maximum absolute atomic E-state index is 12.8. The van der Waals surface area contributed by atoms with Crippen LogP contribution in [0.15, 0.2) is 47.4 Å². The molecule has 1 aromatic heterocycles. The number of carbonyl (C=O) groups is 2. The molecule has 9 nitrogen and oxygen atoms in total. The van der Waals surface area contributed by atoms with Crippen molar-refractivity contribution in [3.05, 3.63) is 58.2 Å².